The molecule has 2 amide bonds. The Labute approximate surface area is 126 Å². The van der Waals surface area contributed by atoms with Gasteiger partial charge >= 0.3 is 6.03 Å². The summed E-state index contributed by atoms with van der Waals surface area (Å²) in [7, 11) is 0. The summed E-state index contributed by atoms with van der Waals surface area (Å²) in [4.78, 5) is 14.0. The van der Waals surface area contributed by atoms with Crippen molar-refractivity contribution in [1.82, 2.24) is 4.90 Å². The van der Waals surface area contributed by atoms with Crippen molar-refractivity contribution in [1.29, 1.82) is 0 Å². The van der Waals surface area contributed by atoms with E-state index in [4.69, 9.17) is 5.11 Å². The van der Waals surface area contributed by atoms with Crippen LogP contribution in [0.3, 0.4) is 0 Å². The fraction of sp³-hybridized carbons (Fsp3) is 0.471. The van der Waals surface area contributed by atoms with Gasteiger partial charge in [-0.25, -0.2) is 4.79 Å². The van der Waals surface area contributed by atoms with E-state index in [9.17, 15) is 4.79 Å². The van der Waals surface area contributed by atoms with E-state index in [1.165, 1.54) is 0 Å². The van der Waals surface area contributed by atoms with Gasteiger partial charge in [0.25, 0.3) is 0 Å². The molecule has 21 heavy (non-hydrogen) atoms. The van der Waals surface area contributed by atoms with Gasteiger partial charge in [-0.05, 0) is 43.0 Å². The zero-order chi connectivity index (χ0) is 15.1. The number of likely N-dealkylation sites (tertiary alicyclic amines) is 1. The predicted molar refractivity (Wildman–Crippen MR) is 84.0 cm³/mol. The fourth-order valence-corrected chi connectivity index (χ4v) is 2.27. The Hall–Kier alpha value is -1.99. The largest absolute Gasteiger partial charge is 0.395 e. The van der Waals surface area contributed by atoms with E-state index in [-0.39, 0.29) is 12.6 Å². The van der Waals surface area contributed by atoms with Gasteiger partial charge in [0, 0.05) is 30.8 Å². The Balaban J connectivity index is 1.88. The topological polar surface area (TPSA) is 52.6 Å². The molecule has 2 N–H and O–H groups in total. The number of aliphatic hydroxyl groups excluding tert-OH is 1. The first-order valence-electron chi connectivity index (χ1n) is 7.45. The molecule has 0 atom stereocenters. The Morgan fingerprint density at radius 3 is 2.62 bits per heavy atom. The van der Waals surface area contributed by atoms with E-state index in [1.54, 1.807) is 0 Å². The van der Waals surface area contributed by atoms with Gasteiger partial charge in [-0.15, -0.1) is 0 Å². The molecule has 1 aromatic carbocycles. The number of amides is 2. The number of nitrogens with zero attached hydrogens (tertiary/aromatic N) is 1. The molecule has 2 rings (SSSR count). The summed E-state index contributed by atoms with van der Waals surface area (Å²) in [5.74, 6) is 6.55. The van der Waals surface area contributed by atoms with Crippen LogP contribution in [0.25, 0.3) is 0 Å². The highest BCUT2D eigenvalue weighted by Gasteiger charge is 2.19. The standard InChI is InChI=1S/C17H22N2O2/c1-14-9-11-19(12-10-14)17(21)18-16-7-5-15(6-8-16)4-2-3-13-20/h5-8,14,20H,3,9-13H2,1H3,(H,18,21). The van der Waals surface area contributed by atoms with Gasteiger partial charge in [0.15, 0.2) is 0 Å². The van der Waals surface area contributed by atoms with Crippen molar-refractivity contribution in [3.63, 3.8) is 0 Å². The molecular weight excluding hydrogens is 264 g/mol. The molecule has 1 heterocycles. The van der Waals surface area contributed by atoms with Crippen LogP contribution in [0.5, 0.6) is 0 Å². The van der Waals surface area contributed by atoms with Crippen molar-refractivity contribution >= 4 is 11.7 Å². The Kier molecular flexibility index (Phi) is 5.65. The SMILES string of the molecule is CC1CCN(C(=O)Nc2ccc(C#CCCO)cc2)CC1. The number of aliphatic hydroxyl groups is 1. The molecule has 1 fully saturated rings. The van der Waals surface area contributed by atoms with Crippen molar-refractivity contribution in [2.75, 3.05) is 25.0 Å². The number of benzene rings is 1. The molecule has 0 aromatic heterocycles. The first kappa shape index (κ1) is 15.4. The highest BCUT2D eigenvalue weighted by atomic mass is 16.2. The maximum Gasteiger partial charge on any atom is 0.321 e. The lowest BCUT2D eigenvalue weighted by Gasteiger charge is -2.30. The van der Waals surface area contributed by atoms with E-state index in [0.717, 1.165) is 37.2 Å². The lowest BCUT2D eigenvalue weighted by molar-refractivity contribution is 0.186. The molecule has 1 saturated heterocycles. The number of carbonyl (C=O) groups excluding carboxylic acids is 1. The predicted octanol–water partition coefficient (Wildman–Crippen LogP) is 2.68. The Morgan fingerprint density at radius 1 is 1.33 bits per heavy atom. The van der Waals surface area contributed by atoms with Gasteiger partial charge in [-0.1, -0.05) is 18.8 Å². The molecule has 1 aliphatic heterocycles. The second kappa shape index (κ2) is 7.70. The lowest BCUT2D eigenvalue weighted by Crippen LogP contribution is -2.40. The molecule has 0 saturated carbocycles. The third-order valence-corrected chi connectivity index (χ3v) is 3.68. The monoisotopic (exact) mass is 286 g/mol. The third kappa shape index (κ3) is 4.80. The van der Waals surface area contributed by atoms with Crippen LogP contribution < -0.4 is 5.32 Å². The maximum atomic E-state index is 12.1. The van der Waals surface area contributed by atoms with E-state index in [0.29, 0.717) is 12.3 Å². The second-order valence-corrected chi connectivity index (χ2v) is 5.45. The van der Waals surface area contributed by atoms with Gasteiger partial charge in [-0.3, -0.25) is 0 Å². The van der Waals surface area contributed by atoms with Crippen LogP contribution in [-0.4, -0.2) is 35.7 Å². The minimum atomic E-state index is -0.0268. The van der Waals surface area contributed by atoms with Crippen LogP contribution in [0.1, 0.15) is 31.7 Å². The van der Waals surface area contributed by atoms with Crippen molar-refractivity contribution in [2.24, 2.45) is 5.92 Å². The molecule has 4 heteroatoms. The maximum absolute atomic E-state index is 12.1. The number of nitrogens with one attached hydrogen (secondary N) is 1. The molecule has 0 aliphatic carbocycles. The van der Waals surface area contributed by atoms with Crippen LogP contribution in [0.15, 0.2) is 24.3 Å². The van der Waals surface area contributed by atoms with Crippen LogP contribution in [-0.2, 0) is 0 Å². The summed E-state index contributed by atoms with van der Waals surface area (Å²) in [6, 6.07) is 7.43. The highest BCUT2D eigenvalue weighted by molar-refractivity contribution is 5.89. The van der Waals surface area contributed by atoms with E-state index < -0.39 is 0 Å². The van der Waals surface area contributed by atoms with E-state index in [1.807, 2.05) is 29.2 Å². The van der Waals surface area contributed by atoms with E-state index in [2.05, 4.69) is 24.1 Å². The molecule has 0 radical (unpaired) electrons. The quantitative estimate of drug-likeness (QED) is 0.821. The number of hydrogen-bond donors (Lipinski definition) is 2. The number of rotatable bonds is 2. The van der Waals surface area contributed by atoms with E-state index >= 15 is 0 Å². The van der Waals surface area contributed by atoms with Crippen LogP contribution in [0.2, 0.25) is 0 Å². The molecule has 0 unspecified atom stereocenters. The van der Waals surface area contributed by atoms with Crippen molar-refractivity contribution < 1.29 is 9.90 Å². The average Bonchev–Trinajstić information content (AvgIpc) is 2.50. The Bertz CT molecular complexity index is 520. The average molecular weight is 286 g/mol. The van der Waals surface area contributed by atoms with Gasteiger partial charge < -0.3 is 15.3 Å². The van der Waals surface area contributed by atoms with Crippen molar-refractivity contribution in [3.05, 3.63) is 29.8 Å². The molecule has 1 aliphatic rings. The molecular formula is C17H22N2O2. The zero-order valence-corrected chi connectivity index (χ0v) is 12.4. The summed E-state index contributed by atoms with van der Waals surface area (Å²) in [5.41, 5.74) is 1.67. The normalized spacial score (nSPS) is 15.2. The number of piperidine rings is 1. The van der Waals surface area contributed by atoms with Crippen LogP contribution >= 0.6 is 0 Å². The molecule has 112 valence electrons. The minimum Gasteiger partial charge on any atom is -0.395 e. The van der Waals surface area contributed by atoms with Crippen LogP contribution in [0.4, 0.5) is 10.5 Å². The Morgan fingerprint density at radius 2 is 2.00 bits per heavy atom. The summed E-state index contributed by atoms with van der Waals surface area (Å²) in [5, 5.41) is 11.6. The number of urea groups is 1. The molecule has 0 bridgehead atoms. The summed E-state index contributed by atoms with van der Waals surface area (Å²) in [6.07, 6.45) is 2.63. The summed E-state index contributed by atoms with van der Waals surface area (Å²) in [6.45, 7) is 3.97. The highest BCUT2D eigenvalue weighted by Crippen LogP contribution is 2.17. The summed E-state index contributed by atoms with van der Waals surface area (Å²) >= 11 is 0. The van der Waals surface area contributed by atoms with Gasteiger partial charge in [0.05, 0.1) is 6.61 Å². The first-order valence-corrected chi connectivity index (χ1v) is 7.45. The van der Waals surface area contributed by atoms with Gasteiger partial charge in [0.2, 0.25) is 0 Å². The zero-order valence-electron chi connectivity index (χ0n) is 12.4. The van der Waals surface area contributed by atoms with Crippen LogP contribution in [0, 0.1) is 17.8 Å². The third-order valence-electron chi connectivity index (χ3n) is 3.68. The smallest absolute Gasteiger partial charge is 0.321 e. The fourth-order valence-electron chi connectivity index (χ4n) is 2.27. The molecule has 0 spiro atoms. The molecule has 1 aromatic rings. The number of carbonyl (C=O) groups is 1. The lowest BCUT2D eigenvalue weighted by atomic mass is 10.00. The first-order chi connectivity index (χ1) is 10.2. The van der Waals surface area contributed by atoms with Crippen molar-refractivity contribution in [2.45, 2.75) is 26.2 Å². The minimum absolute atomic E-state index is 0.0268. The second-order valence-electron chi connectivity index (χ2n) is 5.45. The number of hydrogen-bond acceptors (Lipinski definition) is 2. The van der Waals surface area contributed by atoms with Crippen molar-refractivity contribution in [3.8, 4) is 11.8 Å². The van der Waals surface area contributed by atoms with Gasteiger partial charge in [0.1, 0.15) is 0 Å². The van der Waals surface area contributed by atoms with Gasteiger partial charge in [-0.2, -0.15) is 0 Å². The number of anilines is 1. The summed E-state index contributed by atoms with van der Waals surface area (Å²) < 4.78 is 0. The molecule has 4 nitrogen and oxygen atoms in total.